The molecule has 1 atom stereocenters. The Balaban J connectivity index is 0.870. The van der Waals surface area contributed by atoms with Gasteiger partial charge < -0.3 is 34.4 Å². The summed E-state index contributed by atoms with van der Waals surface area (Å²) in [6, 6.07) is 27.5. The highest BCUT2D eigenvalue weighted by molar-refractivity contribution is 7.16. The number of rotatable bonds is 14. The Hall–Kier alpha value is -4.79. The zero-order chi connectivity index (χ0) is 41.7. The number of carbonyl (C=O) groups is 2. The number of hydrogen-bond acceptors (Lipinski definition) is 9. The molecule has 312 valence electrons. The van der Waals surface area contributed by atoms with E-state index in [9.17, 15) is 19.5 Å². The van der Waals surface area contributed by atoms with Gasteiger partial charge in [-0.3, -0.25) is 14.9 Å². The lowest BCUT2D eigenvalue weighted by atomic mass is 9.95. The first-order valence-electron chi connectivity index (χ1n) is 20.7. The molecule has 2 aliphatic rings. The van der Waals surface area contributed by atoms with Crippen LogP contribution in [-0.4, -0.2) is 92.1 Å². The molecule has 0 radical (unpaired) electrons. The van der Waals surface area contributed by atoms with Crippen molar-refractivity contribution in [3.63, 3.8) is 0 Å². The molecule has 2 aliphatic heterocycles. The monoisotopic (exact) mass is 835 g/mol. The second kappa shape index (κ2) is 18.2. The third kappa shape index (κ3) is 10.2. The first kappa shape index (κ1) is 42.3. The minimum atomic E-state index is -2.19. The van der Waals surface area contributed by atoms with Crippen LogP contribution in [0.3, 0.4) is 0 Å². The molecule has 0 spiro atoms. The molecule has 1 saturated heterocycles. The maximum absolute atomic E-state index is 13.6. The Morgan fingerprint density at radius 3 is 2.46 bits per heavy atom. The molecule has 4 N–H and O–H groups in total. The Morgan fingerprint density at radius 2 is 1.69 bits per heavy atom. The Labute approximate surface area is 351 Å². The lowest BCUT2D eigenvalue weighted by molar-refractivity contribution is 0.0517. The van der Waals surface area contributed by atoms with E-state index in [0.717, 1.165) is 101 Å². The highest BCUT2D eigenvalue weighted by Gasteiger charge is 2.40. The average molecular weight is 836 g/mol. The smallest absolute Gasteiger partial charge is 0.411 e. The van der Waals surface area contributed by atoms with E-state index in [4.69, 9.17) is 9.16 Å². The normalized spacial score (nSPS) is 15.9. The van der Waals surface area contributed by atoms with E-state index in [1.54, 1.807) is 6.07 Å². The van der Waals surface area contributed by atoms with Crippen molar-refractivity contribution >= 4 is 47.6 Å². The third-order valence-corrected chi connectivity index (χ3v) is 17.6. The lowest BCUT2D eigenvalue weighted by Crippen LogP contribution is -2.45. The molecule has 2 amide bonds. The molecule has 13 heteroatoms. The van der Waals surface area contributed by atoms with Crippen molar-refractivity contribution in [2.24, 2.45) is 0 Å². The van der Waals surface area contributed by atoms with Crippen molar-refractivity contribution in [1.29, 1.82) is 0 Å². The number of H-pyrrole nitrogens is 1. The third-order valence-electron chi connectivity index (χ3n) is 12.2. The summed E-state index contributed by atoms with van der Waals surface area (Å²) in [5, 5.41) is 17.0. The number of aromatic nitrogens is 1. The Kier molecular flexibility index (Phi) is 13.1. The number of phenolic OH excluding ortho intramolecular Hbond substituents is 1. The number of ether oxygens (including phenoxy) is 1. The van der Waals surface area contributed by atoms with Crippen molar-refractivity contribution in [3.8, 4) is 16.9 Å². The number of nitrogens with zero attached hydrogens (tertiary/aromatic N) is 2. The summed E-state index contributed by atoms with van der Waals surface area (Å²) >= 11 is 1.10. The Morgan fingerprint density at radius 1 is 0.949 bits per heavy atom. The van der Waals surface area contributed by atoms with Gasteiger partial charge in [0.1, 0.15) is 17.4 Å². The standard InChI is InChI=1S/C46H57N5O6SSi/c1-46(2,3)59(4,5)57-40(37-17-18-39(52)41-42(37)58-45(55)49-41)30-47-23-19-31-15-16-36-33(29-31)20-26-51(43(36)53)28-27-50-24-21-34(22-25-50)56-44(54)48-38-14-10-9-13-35(38)32-11-7-6-8-12-32/h6-18,29,34,40,47,52H,19-28,30H2,1-5H3,(H,48,54)(H,49,55)/t40-/m0/s1. The molecule has 11 nitrogen and oxygen atoms in total. The van der Waals surface area contributed by atoms with Crippen molar-refractivity contribution in [3.05, 3.63) is 117 Å². The van der Waals surface area contributed by atoms with Crippen LogP contribution in [0.2, 0.25) is 18.1 Å². The number of aromatic hydroxyl groups is 1. The van der Waals surface area contributed by atoms with E-state index in [1.807, 2.05) is 71.6 Å². The van der Waals surface area contributed by atoms with E-state index in [0.29, 0.717) is 25.2 Å². The SMILES string of the molecule is CC(C)(C)[Si](C)(C)O[C@@H](CNCCc1ccc2c(c1)CCN(CCN1CCC(OC(=O)Nc3ccccc3-c3ccccc3)CC1)C2=O)c1ccc(O)c2[nH]c(=O)sc12. The second-order valence-corrected chi connectivity index (χ2v) is 23.0. The summed E-state index contributed by atoms with van der Waals surface area (Å²) in [6.07, 6.45) is 2.24. The van der Waals surface area contributed by atoms with E-state index in [2.05, 4.69) is 66.5 Å². The summed E-state index contributed by atoms with van der Waals surface area (Å²) in [4.78, 5) is 45.7. The number of fused-ring (bicyclic) bond motifs is 2. The average Bonchev–Trinajstić information content (AvgIpc) is 3.62. The molecule has 5 aromatic rings. The fraction of sp³-hybridized carbons (Fsp3) is 0.413. The number of amides is 2. The number of nitrogens with one attached hydrogen (secondary N) is 3. The fourth-order valence-corrected chi connectivity index (χ4v) is 9.92. The predicted octanol–water partition coefficient (Wildman–Crippen LogP) is 8.57. The molecule has 4 aromatic carbocycles. The molecule has 0 bridgehead atoms. The molecule has 1 aromatic heterocycles. The van der Waals surface area contributed by atoms with E-state index < -0.39 is 14.4 Å². The molecule has 3 heterocycles. The number of phenols is 1. The number of anilines is 1. The quantitative estimate of drug-likeness (QED) is 0.0646. The Bertz CT molecular complexity index is 2310. The fourth-order valence-electron chi connectivity index (χ4n) is 7.73. The first-order valence-corrected chi connectivity index (χ1v) is 24.5. The van der Waals surface area contributed by atoms with E-state index in [1.165, 1.54) is 5.56 Å². The van der Waals surface area contributed by atoms with Gasteiger partial charge in [0, 0.05) is 56.0 Å². The number of aromatic amines is 1. The van der Waals surface area contributed by atoms with E-state index in [-0.39, 0.29) is 33.8 Å². The van der Waals surface area contributed by atoms with E-state index >= 15 is 0 Å². The topological polar surface area (TPSA) is 136 Å². The second-order valence-electron chi connectivity index (χ2n) is 17.2. The molecule has 0 aliphatic carbocycles. The largest absolute Gasteiger partial charge is 0.506 e. The van der Waals surface area contributed by atoms with Crippen LogP contribution in [0.4, 0.5) is 10.5 Å². The van der Waals surface area contributed by atoms with Crippen LogP contribution < -0.4 is 15.5 Å². The van der Waals surface area contributed by atoms with Crippen LogP contribution >= 0.6 is 11.3 Å². The molecule has 7 rings (SSSR count). The number of likely N-dealkylation sites (tertiary alicyclic amines) is 1. The van der Waals surface area contributed by atoms with Gasteiger partial charge in [-0.2, -0.15) is 0 Å². The minimum Gasteiger partial charge on any atom is -0.506 e. The molecule has 59 heavy (non-hydrogen) atoms. The molecular weight excluding hydrogens is 779 g/mol. The highest BCUT2D eigenvalue weighted by Crippen LogP contribution is 2.41. The number of benzene rings is 4. The van der Waals surface area contributed by atoms with Gasteiger partial charge in [0.25, 0.3) is 5.91 Å². The maximum Gasteiger partial charge on any atom is 0.411 e. The molecular formula is C46H57N5O6SSi. The van der Waals surface area contributed by atoms with Crippen molar-refractivity contribution in [2.45, 2.75) is 76.8 Å². The van der Waals surface area contributed by atoms with Gasteiger partial charge in [-0.1, -0.05) is 98.8 Å². The van der Waals surface area contributed by atoms with Crippen molar-refractivity contribution in [2.75, 3.05) is 51.1 Å². The van der Waals surface area contributed by atoms with Gasteiger partial charge in [0.15, 0.2) is 8.32 Å². The zero-order valence-electron chi connectivity index (χ0n) is 34.8. The summed E-state index contributed by atoms with van der Waals surface area (Å²) in [5.41, 5.74) is 7.11. The van der Waals surface area contributed by atoms with Crippen LogP contribution in [0.5, 0.6) is 5.75 Å². The summed E-state index contributed by atoms with van der Waals surface area (Å²) < 4.78 is 13.5. The summed E-state index contributed by atoms with van der Waals surface area (Å²) in [6.45, 7) is 16.1. The highest BCUT2D eigenvalue weighted by atomic mass is 32.1. The number of thiazole rings is 1. The number of carbonyl (C=O) groups excluding carboxylic acids is 2. The van der Waals surface area contributed by atoms with Gasteiger partial charge in [0.05, 0.1) is 16.5 Å². The van der Waals surface area contributed by atoms with Crippen LogP contribution in [0.1, 0.15) is 66.8 Å². The number of para-hydroxylation sites is 1. The predicted molar refractivity (Wildman–Crippen MR) is 239 cm³/mol. The number of hydrogen-bond donors (Lipinski definition) is 4. The van der Waals surface area contributed by atoms with Gasteiger partial charge in [-0.15, -0.1) is 0 Å². The van der Waals surface area contributed by atoms with Gasteiger partial charge in [-0.05, 0) is 85.2 Å². The van der Waals surface area contributed by atoms with Crippen molar-refractivity contribution < 1.29 is 23.9 Å². The minimum absolute atomic E-state index is 0.00604. The van der Waals surface area contributed by atoms with Crippen LogP contribution in [-0.2, 0) is 22.0 Å². The molecule has 1 fully saturated rings. The van der Waals surface area contributed by atoms with Crippen molar-refractivity contribution in [1.82, 2.24) is 20.1 Å². The molecule has 0 saturated carbocycles. The summed E-state index contributed by atoms with van der Waals surface area (Å²) in [7, 11) is -2.19. The van der Waals surface area contributed by atoms with Crippen LogP contribution in [0, 0.1) is 0 Å². The zero-order valence-corrected chi connectivity index (χ0v) is 36.6. The maximum atomic E-state index is 13.6. The van der Waals surface area contributed by atoms with Crippen LogP contribution in [0.25, 0.3) is 21.3 Å². The number of piperidine rings is 1. The first-order chi connectivity index (χ1) is 28.3. The van der Waals surface area contributed by atoms with Crippen LogP contribution in [0.15, 0.2) is 89.7 Å². The van der Waals surface area contributed by atoms with Gasteiger partial charge in [0.2, 0.25) is 0 Å². The van der Waals surface area contributed by atoms with Gasteiger partial charge in [-0.25, -0.2) is 4.79 Å². The van der Waals surface area contributed by atoms with Gasteiger partial charge >= 0.3 is 11.0 Å². The summed E-state index contributed by atoms with van der Waals surface area (Å²) in [5.74, 6) is 0.141. The lowest BCUT2D eigenvalue weighted by Gasteiger charge is -2.39. The molecule has 0 unspecified atom stereocenters.